The van der Waals surface area contributed by atoms with Gasteiger partial charge in [-0.1, -0.05) is 6.92 Å². The molecule has 0 aliphatic rings. The monoisotopic (exact) mass is 406 g/mol. The van der Waals surface area contributed by atoms with Crippen LogP contribution in [-0.2, 0) is 23.0 Å². The second-order valence-electron chi connectivity index (χ2n) is 6.00. The predicted octanol–water partition coefficient (Wildman–Crippen LogP) is 1.90. The third-order valence-corrected chi connectivity index (χ3v) is 5.67. The van der Waals surface area contributed by atoms with E-state index in [1.807, 2.05) is 13.8 Å². The summed E-state index contributed by atoms with van der Waals surface area (Å²) >= 11 is 0. The van der Waals surface area contributed by atoms with Gasteiger partial charge in [-0.05, 0) is 25.1 Å². The number of ether oxygens (including phenoxy) is 2. The predicted molar refractivity (Wildman–Crippen MR) is 105 cm³/mol. The van der Waals surface area contributed by atoms with Gasteiger partial charge in [0.05, 0.1) is 19.9 Å². The summed E-state index contributed by atoms with van der Waals surface area (Å²) in [5, 5.41) is 4.28. The van der Waals surface area contributed by atoms with Crippen LogP contribution in [0.4, 0.5) is 5.69 Å². The van der Waals surface area contributed by atoms with Gasteiger partial charge >= 0.3 is 0 Å². The highest BCUT2D eigenvalue weighted by molar-refractivity contribution is 7.92. The quantitative estimate of drug-likeness (QED) is 0.643. The lowest BCUT2D eigenvalue weighted by Gasteiger charge is -2.11. The van der Waals surface area contributed by atoms with Gasteiger partial charge in [-0.2, -0.15) is 5.10 Å². The fraction of sp³-hybridized carbons (Fsp3) is 0.333. The van der Waals surface area contributed by atoms with Crippen molar-refractivity contribution < 1.29 is 17.9 Å². The van der Waals surface area contributed by atoms with Crippen LogP contribution in [-0.4, -0.2) is 36.8 Å². The summed E-state index contributed by atoms with van der Waals surface area (Å²) in [5.74, 6) is 1.48. The molecule has 0 saturated heterocycles. The van der Waals surface area contributed by atoms with Crippen molar-refractivity contribution in [3.63, 3.8) is 0 Å². The van der Waals surface area contributed by atoms with Gasteiger partial charge in [0.15, 0.2) is 11.5 Å². The highest BCUT2D eigenvalue weighted by Crippen LogP contribution is 2.30. The summed E-state index contributed by atoms with van der Waals surface area (Å²) in [6.07, 6.45) is 1.96. The maximum Gasteiger partial charge on any atom is 0.291 e. The van der Waals surface area contributed by atoms with Crippen molar-refractivity contribution in [1.29, 1.82) is 0 Å². The number of nitrogens with zero attached hydrogens (tertiary/aromatic N) is 3. The van der Waals surface area contributed by atoms with E-state index >= 15 is 0 Å². The van der Waals surface area contributed by atoms with Crippen molar-refractivity contribution in [2.24, 2.45) is 0 Å². The number of benzene rings is 1. The van der Waals surface area contributed by atoms with E-state index in [1.54, 1.807) is 12.1 Å². The third-order valence-electron chi connectivity index (χ3n) is 4.32. The van der Waals surface area contributed by atoms with Crippen LogP contribution < -0.4 is 19.8 Å². The van der Waals surface area contributed by atoms with Gasteiger partial charge in [-0.15, -0.1) is 0 Å². The topological polar surface area (TPSA) is 104 Å². The minimum Gasteiger partial charge on any atom is -0.493 e. The highest BCUT2D eigenvalue weighted by Gasteiger charge is 2.20. The lowest BCUT2D eigenvalue weighted by molar-refractivity contribution is 0.355. The Morgan fingerprint density at radius 3 is 2.43 bits per heavy atom. The van der Waals surface area contributed by atoms with Crippen LogP contribution in [0.2, 0.25) is 0 Å². The Morgan fingerprint density at radius 1 is 1.11 bits per heavy atom. The number of aryl methyl sites for hydroxylation is 2. The van der Waals surface area contributed by atoms with Crippen molar-refractivity contribution in [2.75, 3.05) is 18.9 Å². The summed E-state index contributed by atoms with van der Waals surface area (Å²) in [7, 11) is -0.960. The molecule has 2 aromatic heterocycles. The van der Waals surface area contributed by atoms with Crippen molar-refractivity contribution in [3.05, 3.63) is 46.6 Å². The fourth-order valence-corrected chi connectivity index (χ4v) is 3.96. The standard InChI is InChI=1S/C18H22N4O5S/c1-5-17-19-22(6-2)18(23)14-10-13(11-21(14)17)28(24,25)20-12-7-8-15(26-3)16(9-12)27-4/h7-11,20H,5-6H2,1-4H3. The molecule has 0 radical (unpaired) electrons. The summed E-state index contributed by atoms with van der Waals surface area (Å²) < 4.78 is 41.4. The molecule has 9 nitrogen and oxygen atoms in total. The van der Waals surface area contributed by atoms with E-state index < -0.39 is 10.0 Å². The molecule has 0 aliphatic heterocycles. The van der Waals surface area contributed by atoms with Crippen LogP contribution in [0, 0.1) is 0 Å². The number of hydrogen-bond donors (Lipinski definition) is 1. The fourth-order valence-electron chi connectivity index (χ4n) is 2.90. The molecule has 3 aromatic rings. The average Bonchev–Trinajstić information content (AvgIpc) is 3.15. The van der Waals surface area contributed by atoms with Gasteiger partial charge in [-0.3, -0.25) is 13.9 Å². The number of aromatic nitrogens is 3. The molecule has 0 bridgehead atoms. The van der Waals surface area contributed by atoms with Crippen LogP contribution in [0.25, 0.3) is 5.52 Å². The number of methoxy groups -OCH3 is 2. The third kappa shape index (κ3) is 3.42. The lowest BCUT2D eigenvalue weighted by atomic mass is 10.3. The largest absolute Gasteiger partial charge is 0.493 e. The molecule has 0 atom stereocenters. The Hall–Kier alpha value is -3.01. The second kappa shape index (κ2) is 7.55. The molecule has 3 rings (SSSR count). The first-order valence-corrected chi connectivity index (χ1v) is 10.2. The zero-order valence-corrected chi connectivity index (χ0v) is 16.9. The molecule has 0 spiro atoms. The van der Waals surface area contributed by atoms with Crippen LogP contribution in [0.1, 0.15) is 19.7 Å². The van der Waals surface area contributed by atoms with Gasteiger partial charge in [0.2, 0.25) is 0 Å². The Balaban J connectivity index is 2.06. The average molecular weight is 406 g/mol. The highest BCUT2D eigenvalue weighted by atomic mass is 32.2. The van der Waals surface area contributed by atoms with Crippen molar-refractivity contribution in [3.8, 4) is 11.5 Å². The van der Waals surface area contributed by atoms with Gasteiger partial charge in [-0.25, -0.2) is 13.1 Å². The van der Waals surface area contributed by atoms with Crippen molar-refractivity contribution in [1.82, 2.24) is 14.2 Å². The molecule has 0 saturated carbocycles. The molecule has 0 fully saturated rings. The van der Waals surface area contributed by atoms with E-state index in [1.165, 1.54) is 41.6 Å². The van der Waals surface area contributed by atoms with Gasteiger partial charge in [0, 0.05) is 25.2 Å². The molecule has 10 heteroatoms. The first-order valence-electron chi connectivity index (χ1n) is 8.71. The first kappa shape index (κ1) is 19.7. The summed E-state index contributed by atoms with van der Waals surface area (Å²) in [5.41, 5.74) is 0.237. The minimum atomic E-state index is -3.92. The molecular weight excluding hydrogens is 384 g/mol. The van der Waals surface area contributed by atoms with Crippen molar-refractivity contribution >= 4 is 21.2 Å². The zero-order valence-electron chi connectivity index (χ0n) is 16.1. The zero-order chi connectivity index (χ0) is 20.5. The van der Waals surface area contributed by atoms with Crippen LogP contribution in [0.5, 0.6) is 11.5 Å². The van der Waals surface area contributed by atoms with E-state index in [-0.39, 0.29) is 16.0 Å². The maximum absolute atomic E-state index is 12.9. The first-order chi connectivity index (χ1) is 13.3. The Labute approximate surface area is 162 Å². The molecule has 1 N–H and O–H groups in total. The van der Waals surface area contributed by atoms with E-state index in [0.29, 0.717) is 36.0 Å². The van der Waals surface area contributed by atoms with E-state index in [4.69, 9.17) is 9.47 Å². The van der Waals surface area contributed by atoms with E-state index in [9.17, 15) is 13.2 Å². The van der Waals surface area contributed by atoms with Gasteiger partial charge in [0.1, 0.15) is 16.2 Å². The Morgan fingerprint density at radius 2 is 1.82 bits per heavy atom. The molecule has 28 heavy (non-hydrogen) atoms. The smallest absolute Gasteiger partial charge is 0.291 e. The number of rotatable bonds is 7. The van der Waals surface area contributed by atoms with Gasteiger partial charge in [0.25, 0.3) is 15.6 Å². The molecule has 0 unspecified atom stereocenters. The van der Waals surface area contributed by atoms with Crippen LogP contribution >= 0.6 is 0 Å². The number of hydrogen-bond acceptors (Lipinski definition) is 6. The number of sulfonamides is 1. The summed E-state index contributed by atoms with van der Waals surface area (Å²) in [6.45, 7) is 4.10. The van der Waals surface area contributed by atoms with Crippen molar-refractivity contribution in [2.45, 2.75) is 31.7 Å². The lowest BCUT2D eigenvalue weighted by Crippen LogP contribution is -2.26. The Kier molecular flexibility index (Phi) is 5.32. The van der Waals surface area contributed by atoms with Crippen LogP contribution in [0.15, 0.2) is 40.2 Å². The minimum absolute atomic E-state index is 0.0234. The number of anilines is 1. The molecule has 0 amide bonds. The second-order valence-corrected chi connectivity index (χ2v) is 7.68. The maximum atomic E-state index is 12.9. The molecule has 0 aliphatic carbocycles. The Bertz CT molecular complexity index is 1180. The normalized spacial score (nSPS) is 11.6. The molecule has 2 heterocycles. The summed E-state index contributed by atoms with van der Waals surface area (Å²) in [4.78, 5) is 12.5. The SMILES string of the molecule is CCc1nn(CC)c(=O)c2cc(S(=O)(=O)Nc3ccc(OC)c(OC)c3)cn12. The van der Waals surface area contributed by atoms with E-state index in [2.05, 4.69) is 9.82 Å². The number of fused-ring (bicyclic) bond motifs is 1. The molecular formula is C18H22N4O5S. The number of nitrogens with one attached hydrogen (secondary N) is 1. The van der Waals surface area contributed by atoms with Crippen LogP contribution in [0.3, 0.4) is 0 Å². The van der Waals surface area contributed by atoms with Gasteiger partial charge < -0.3 is 9.47 Å². The van der Waals surface area contributed by atoms with E-state index in [0.717, 1.165) is 0 Å². The molecule has 1 aromatic carbocycles. The molecule has 150 valence electrons. The summed E-state index contributed by atoms with van der Waals surface area (Å²) in [6, 6.07) is 6.05.